The van der Waals surface area contributed by atoms with E-state index in [2.05, 4.69) is 15.9 Å². The van der Waals surface area contributed by atoms with Crippen LogP contribution in [-0.4, -0.2) is 11.1 Å². The van der Waals surface area contributed by atoms with Crippen molar-refractivity contribution in [1.29, 1.82) is 0 Å². The second-order valence-electron chi connectivity index (χ2n) is 4.36. The fourth-order valence-corrected chi connectivity index (χ4v) is 2.40. The molecule has 2 rings (SSSR count). The zero-order valence-corrected chi connectivity index (χ0v) is 11.9. The van der Waals surface area contributed by atoms with Gasteiger partial charge in [-0.3, -0.25) is 4.79 Å². The van der Waals surface area contributed by atoms with Crippen LogP contribution >= 0.6 is 15.9 Å². The third-order valence-corrected chi connectivity index (χ3v) is 3.91. The van der Waals surface area contributed by atoms with Gasteiger partial charge in [0.25, 0.3) is 0 Å². The molecule has 0 bridgehead atoms. The monoisotopic (exact) mass is 340 g/mol. The number of carboxylic acids is 1. The Morgan fingerprint density at radius 1 is 1.15 bits per heavy atom. The average Bonchev–Trinajstić information content (AvgIpc) is 2.41. The summed E-state index contributed by atoms with van der Waals surface area (Å²) >= 11 is 3.11. The molecule has 0 amide bonds. The lowest BCUT2D eigenvalue weighted by Gasteiger charge is -2.14. The first-order chi connectivity index (χ1) is 9.49. The summed E-state index contributed by atoms with van der Waals surface area (Å²) in [5.41, 5.74) is 1.04. The molecule has 1 unspecified atom stereocenters. The van der Waals surface area contributed by atoms with Gasteiger partial charge in [-0.05, 0) is 51.7 Å². The number of halogens is 3. The molecule has 0 aliphatic rings. The lowest BCUT2D eigenvalue weighted by molar-refractivity contribution is -0.138. The van der Waals surface area contributed by atoms with Crippen LogP contribution in [0.5, 0.6) is 0 Å². The Bertz CT molecular complexity index is 626. The summed E-state index contributed by atoms with van der Waals surface area (Å²) in [7, 11) is 0. The summed E-state index contributed by atoms with van der Waals surface area (Å²) in [5.74, 6) is -2.75. The highest BCUT2D eigenvalue weighted by atomic mass is 79.9. The van der Waals surface area contributed by atoms with Crippen LogP contribution in [0.4, 0.5) is 8.78 Å². The molecule has 0 saturated carbocycles. The molecule has 1 N–H and O–H groups in total. The highest BCUT2D eigenvalue weighted by Gasteiger charge is 2.22. The van der Waals surface area contributed by atoms with Gasteiger partial charge in [0.2, 0.25) is 0 Å². The summed E-state index contributed by atoms with van der Waals surface area (Å²) in [6, 6.07) is 9.77. The van der Waals surface area contributed by atoms with Gasteiger partial charge in [-0.25, -0.2) is 8.78 Å². The Labute approximate surface area is 123 Å². The predicted octanol–water partition coefficient (Wildman–Crippen LogP) is 4.14. The molecule has 0 aliphatic carbocycles. The molecule has 0 radical (unpaired) electrons. The van der Waals surface area contributed by atoms with Gasteiger partial charge in [-0.15, -0.1) is 0 Å². The van der Waals surface area contributed by atoms with Crippen LogP contribution < -0.4 is 0 Å². The average molecular weight is 341 g/mol. The van der Waals surface area contributed by atoms with E-state index in [9.17, 15) is 18.7 Å². The first kappa shape index (κ1) is 14.7. The highest BCUT2D eigenvalue weighted by Crippen LogP contribution is 2.27. The van der Waals surface area contributed by atoms with Crippen LogP contribution in [0.1, 0.15) is 17.0 Å². The zero-order chi connectivity index (χ0) is 14.7. The normalized spacial score (nSPS) is 12.2. The summed E-state index contributed by atoms with van der Waals surface area (Å²) < 4.78 is 26.6. The largest absolute Gasteiger partial charge is 0.481 e. The number of rotatable bonds is 4. The van der Waals surface area contributed by atoms with E-state index < -0.39 is 23.5 Å². The van der Waals surface area contributed by atoms with E-state index in [1.165, 1.54) is 36.4 Å². The maximum Gasteiger partial charge on any atom is 0.311 e. The van der Waals surface area contributed by atoms with Gasteiger partial charge in [0.15, 0.2) is 0 Å². The smallest absolute Gasteiger partial charge is 0.311 e. The Morgan fingerprint density at radius 3 is 2.40 bits per heavy atom. The molecule has 0 saturated heterocycles. The number of carbonyl (C=O) groups is 1. The summed E-state index contributed by atoms with van der Waals surface area (Å²) in [6.45, 7) is 0. The van der Waals surface area contributed by atoms with Crippen LogP contribution in [0.25, 0.3) is 0 Å². The van der Waals surface area contributed by atoms with Crippen molar-refractivity contribution in [2.75, 3.05) is 0 Å². The maximum absolute atomic E-state index is 13.4. The molecular formula is C15H11BrF2O2. The second kappa shape index (κ2) is 6.13. The Balaban J connectivity index is 2.33. The van der Waals surface area contributed by atoms with E-state index in [4.69, 9.17) is 0 Å². The molecule has 0 spiro atoms. The van der Waals surface area contributed by atoms with Crippen molar-refractivity contribution >= 4 is 21.9 Å². The fourth-order valence-electron chi connectivity index (χ4n) is 1.97. The van der Waals surface area contributed by atoms with Crippen molar-refractivity contribution in [3.05, 3.63) is 69.7 Å². The Morgan fingerprint density at radius 2 is 1.80 bits per heavy atom. The van der Waals surface area contributed by atoms with Crippen molar-refractivity contribution in [2.45, 2.75) is 12.3 Å². The van der Waals surface area contributed by atoms with Crippen molar-refractivity contribution in [3.8, 4) is 0 Å². The lowest BCUT2D eigenvalue weighted by Crippen LogP contribution is -2.15. The van der Waals surface area contributed by atoms with Crippen LogP contribution in [0, 0.1) is 11.6 Å². The number of benzene rings is 2. The van der Waals surface area contributed by atoms with Gasteiger partial charge in [-0.2, -0.15) is 0 Å². The topological polar surface area (TPSA) is 37.3 Å². The minimum absolute atomic E-state index is 0.124. The minimum Gasteiger partial charge on any atom is -0.481 e. The highest BCUT2D eigenvalue weighted by molar-refractivity contribution is 9.10. The SMILES string of the molecule is O=C(O)C(Cc1cccc(F)c1Br)c1ccc(F)cc1. The van der Waals surface area contributed by atoms with E-state index in [0.29, 0.717) is 11.1 Å². The van der Waals surface area contributed by atoms with Gasteiger partial charge in [0.1, 0.15) is 11.6 Å². The van der Waals surface area contributed by atoms with Crippen molar-refractivity contribution in [3.63, 3.8) is 0 Å². The number of aliphatic carboxylic acids is 1. The van der Waals surface area contributed by atoms with E-state index in [-0.39, 0.29) is 10.9 Å². The summed E-state index contributed by atoms with van der Waals surface area (Å²) in [5, 5.41) is 9.31. The molecular weight excluding hydrogens is 330 g/mol. The fraction of sp³-hybridized carbons (Fsp3) is 0.133. The van der Waals surface area contributed by atoms with Crippen LogP contribution in [0.3, 0.4) is 0 Å². The van der Waals surface area contributed by atoms with E-state index in [1.54, 1.807) is 6.07 Å². The number of carboxylic acid groups (broad SMARTS) is 1. The molecule has 0 aromatic heterocycles. The standard InChI is InChI=1S/C15H11BrF2O2/c16-14-10(2-1-3-13(14)18)8-12(15(19)20)9-4-6-11(17)7-5-9/h1-7,12H,8H2,(H,19,20). The molecule has 0 fully saturated rings. The second-order valence-corrected chi connectivity index (χ2v) is 5.15. The minimum atomic E-state index is -1.03. The predicted molar refractivity (Wildman–Crippen MR) is 74.6 cm³/mol. The first-order valence-corrected chi connectivity index (χ1v) is 6.69. The quantitative estimate of drug-likeness (QED) is 0.908. The third-order valence-electron chi connectivity index (χ3n) is 3.03. The molecule has 5 heteroatoms. The van der Waals surface area contributed by atoms with Crippen molar-refractivity contribution in [2.24, 2.45) is 0 Å². The Kier molecular flexibility index (Phi) is 4.49. The van der Waals surface area contributed by atoms with Gasteiger partial charge in [0.05, 0.1) is 10.4 Å². The van der Waals surface area contributed by atoms with E-state index in [1.807, 2.05) is 0 Å². The number of hydrogen-bond acceptors (Lipinski definition) is 1. The number of hydrogen-bond donors (Lipinski definition) is 1. The Hall–Kier alpha value is -1.75. The molecule has 0 aliphatic heterocycles. The van der Waals surface area contributed by atoms with Crippen LogP contribution in [0.15, 0.2) is 46.9 Å². The van der Waals surface area contributed by atoms with Crippen LogP contribution in [-0.2, 0) is 11.2 Å². The van der Waals surface area contributed by atoms with Crippen molar-refractivity contribution in [1.82, 2.24) is 0 Å². The maximum atomic E-state index is 13.4. The molecule has 2 aromatic rings. The molecule has 0 heterocycles. The third kappa shape index (κ3) is 3.22. The van der Waals surface area contributed by atoms with Gasteiger partial charge >= 0.3 is 5.97 Å². The van der Waals surface area contributed by atoms with Gasteiger partial charge in [-0.1, -0.05) is 24.3 Å². The van der Waals surface area contributed by atoms with E-state index >= 15 is 0 Å². The molecule has 2 aromatic carbocycles. The summed E-state index contributed by atoms with van der Waals surface area (Å²) in [4.78, 5) is 11.4. The lowest BCUT2D eigenvalue weighted by atomic mass is 9.92. The van der Waals surface area contributed by atoms with Crippen LogP contribution in [0.2, 0.25) is 0 Å². The van der Waals surface area contributed by atoms with Crippen molar-refractivity contribution < 1.29 is 18.7 Å². The van der Waals surface area contributed by atoms with Gasteiger partial charge < -0.3 is 5.11 Å². The van der Waals surface area contributed by atoms with Gasteiger partial charge in [0, 0.05) is 0 Å². The molecule has 20 heavy (non-hydrogen) atoms. The zero-order valence-electron chi connectivity index (χ0n) is 10.3. The molecule has 104 valence electrons. The first-order valence-electron chi connectivity index (χ1n) is 5.90. The van der Waals surface area contributed by atoms with E-state index in [0.717, 1.165) is 0 Å². The molecule has 2 nitrogen and oxygen atoms in total. The molecule has 1 atom stereocenters. The summed E-state index contributed by atoms with van der Waals surface area (Å²) in [6.07, 6.45) is 0.124.